The van der Waals surface area contributed by atoms with E-state index in [-0.39, 0.29) is 0 Å². The lowest BCUT2D eigenvalue weighted by molar-refractivity contribution is -0.0464. The summed E-state index contributed by atoms with van der Waals surface area (Å²) in [6, 6.07) is 0. The maximum Gasteiger partial charge on any atom is 0.0623 e. The highest BCUT2D eigenvalue weighted by Crippen LogP contribution is 2.25. The third-order valence-electron chi connectivity index (χ3n) is 2.33. The first-order valence-electron chi connectivity index (χ1n) is 4.33. The Bertz CT molecular complexity index is 98.9. The van der Waals surface area contributed by atoms with Gasteiger partial charge in [-0.1, -0.05) is 20.8 Å². The van der Waals surface area contributed by atoms with Crippen LogP contribution >= 0.6 is 0 Å². The predicted octanol–water partition coefficient (Wildman–Crippen LogP) is 2.46. The second-order valence-corrected chi connectivity index (χ2v) is 3.70. The zero-order valence-corrected chi connectivity index (χ0v) is 7.26. The van der Waals surface area contributed by atoms with E-state index in [9.17, 15) is 0 Å². The molecule has 2 atom stereocenters. The smallest absolute Gasteiger partial charge is 0.0623 e. The van der Waals surface area contributed by atoms with E-state index in [1.165, 1.54) is 12.8 Å². The van der Waals surface area contributed by atoms with Crippen LogP contribution in [-0.4, -0.2) is 12.7 Å². The molecule has 0 bridgehead atoms. The third kappa shape index (κ3) is 1.72. The molecule has 1 rings (SSSR count). The summed E-state index contributed by atoms with van der Waals surface area (Å²) in [6.07, 6.45) is 3.13. The molecule has 0 saturated carbocycles. The molecule has 0 aromatic rings. The van der Waals surface area contributed by atoms with Crippen molar-refractivity contribution in [3.05, 3.63) is 0 Å². The lowest BCUT2D eigenvalue weighted by Crippen LogP contribution is -2.31. The van der Waals surface area contributed by atoms with Gasteiger partial charge in [0.25, 0.3) is 0 Å². The van der Waals surface area contributed by atoms with Crippen LogP contribution in [0.2, 0.25) is 0 Å². The fraction of sp³-hybridized carbons (Fsp3) is 1.00. The van der Waals surface area contributed by atoms with Crippen LogP contribution < -0.4 is 0 Å². The quantitative estimate of drug-likeness (QED) is 0.546. The van der Waals surface area contributed by atoms with E-state index in [0.29, 0.717) is 12.0 Å². The Kier molecular flexibility index (Phi) is 2.72. The largest absolute Gasteiger partial charge is 0.378 e. The zero-order chi connectivity index (χ0) is 7.56. The molecule has 0 radical (unpaired) electrons. The van der Waals surface area contributed by atoms with Crippen molar-refractivity contribution in [2.75, 3.05) is 6.61 Å². The summed E-state index contributed by atoms with van der Waals surface area (Å²) in [4.78, 5) is 0. The summed E-state index contributed by atoms with van der Waals surface area (Å²) < 4.78 is 5.65. The van der Waals surface area contributed by atoms with E-state index in [4.69, 9.17) is 4.74 Å². The highest BCUT2D eigenvalue weighted by atomic mass is 16.5. The number of hydrogen-bond donors (Lipinski definition) is 0. The van der Waals surface area contributed by atoms with Gasteiger partial charge in [0, 0.05) is 6.61 Å². The van der Waals surface area contributed by atoms with Crippen LogP contribution in [0.15, 0.2) is 0 Å². The summed E-state index contributed by atoms with van der Waals surface area (Å²) in [7, 11) is 0. The molecule has 1 heterocycles. The number of hydrogen-bond acceptors (Lipinski definition) is 1. The van der Waals surface area contributed by atoms with Gasteiger partial charge in [-0.15, -0.1) is 0 Å². The number of ether oxygens (including phenoxy) is 1. The Hall–Kier alpha value is -0.0400. The van der Waals surface area contributed by atoms with Gasteiger partial charge in [0.1, 0.15) is 0 Å². The van der Waals surface area contributed by atoms with Crippen LogP contribution in [0.1, 0.15) is 33.6 Å². The number of rotatable bonds is 1. The maximum atomic E-state index is 5.65. The fourth-order valence-corrected chi connectivity index (χ4v) is 1.80. The second-order valence-electron chi connectivity index (χ2n) is 3.70. The lowest BCUT2D eigenvalue weighted by atomic mass is 9.89. The molecule has 0 aliphatic carbocycles. The summed E-state index contributed by atoms with van der Waals surface area (Å²) in [5.74, 6) is 1.46. The summed E-state index contributed by atoms with van der Waals surface area (Å²) in [6.45, 7) is 7.76. The molecule has 60 valence electrons. The topological polar surface area (TPSA) is 9.23 Å². The van der Waals surface area contributed by atoms with Crippen LogP contribution in [0, 0.1) is 11.8 Å². The van der Waals surface area contributed by atoms with Crippen molar-refractivity contribution < 1.29 is 4.74 Å². The van der Waals surface area contributed by atoms with Gasteiger partial charge in [-0.25, -0.2) is 0 Å². The van der Waals surface area contributed by atoms with Crippen LogP contribution in [0.25, 0.3) is 0 Å². The Morgan fingerprint density at radius 1 is 1.40 bits per heavy atom. The van der Waals surface area contributed by atoms with E-state index in [1.54, 1.807) is 0 Å². The molecule has 10 heavy (non-hydrogen) atoms. The SMILES string of the molecule is CC(C)[C@@H]1OCCC[C@H]1C. The molecule has 0 unspecified atom stereocenters. The molecular formula is C9H18O. The Balaban J connectivity index is 2.40. The Morgan fingerprint density at radius 2 is 2.10 bits per heavy atom. The van der Waals surface area contributed by atoms with Crippen molar-refractivity contribution in [3.8, 4) is 0 Å². The summed E-state index contributed by atoms with van der Waals surface area (Å²) in [5, 5.41) is 0. The van der Waals surface area contributed by atoms with Crippen LogP contribution in [0.3, 0.4) is 0 Å². The van der Waals surface area contributed by atoms with Gasteiger partial charge in [0.2, 0.25) is 0 Å². The first-order valence-corrected chi connectivity index (χ1v) is 4.33. The Morgan fingerprint density at radius 3 is 2.50 bits per heavy atom. The molecular weight excluding hydrogens is 124 g/mol. The van der Waals surface area contributed by atoms with Gasteiger partial charge in [-0.2, -0.15) is 0 Å². The summed E-state index contributed by atoms with van der Waals surface area (Å²) in [5.41, 5.74) is 0. The van der Waals surface area contributed by atoms with Crippen molar-refractivity contribution in [2.45, 2.75) is 39.7 Å². The molecule has 1 fully saturated rings. The van der Waals surface area contributed by atoms with Gasteiger partial charge in [-0.05, 0) is 24.7 Å². The van der Waals surface area contributed by atoms with E-state index >= 15 is 0 Å². The average molecular weight is 142 g/mol. The third-order valence-corrected chi connectivity index (χ3v) is 2.33. The fourth-order valence-electron chi connectivity index (χ4n) is 1.80. The Labute approximate surface area is 63.8 Å². The van der Waals surface area contributed by atoms with Crippen molar-refractivity contribution in [1.82, 2.24) is 0 Å². The first-order chi connectivity index (χ1) is 4.72. The minimum absolute atomic E-state index is 0.522. The van der Waals surface area contributed by atoms with Crippen molar-refractivity contribution in [3.63, 3.8) is 0 Å². The summed E-state index contributed by atoms with van der Waals surface area (Å²) >= 11 is 0. The van der Waals surface area contributed by atoms with E-state index in [0.717, 1.165) is 12.5 Å². The zero-order valence-electron chi connectivity index (χ0n) is 7.26. The van der Waals surface area contributed by atoms with Crippen LogP contribution in [0.5, 0.6) is 0 Å². The van der Waals surface area contributed by atoms with Crippen molar-refractivity contribution >= 4 is 0 Å². The van der Waals surface area contributed by atoms with E-state index in [2.05, 4.69) is 20.8 Å². The molecule has 0 aromatic heterocycles. The van der Waals surface area contributed by atoms with Crippen LogP contribution in [-0.2, 0) is 4.74 Å². The predicted molar refractivity (Wildman–Crippen MR) is 43.0 cm³/mol. The molecule has 0 aromatic carbocycles. The van der Waals surface area contributed by atoms with Crippen molar-refractivity contribution in [1.29, 1.82) is 0 Å². The molecule has 1 heteroatoms. The van der Waals surface area contributed by atoms with E-state index < -0.39 is 0 Å². The van der Waals surface area contributed by atoms with Gasteiger partial charge in [0.05, 0.1) is 6.10 Å². The van der Waals surface area contributed by atoms with Gasteiger partial charge in [0.15, 0.2) is 0 Å². The highest BCUT2D eigenvalue weighted by Gasteiger charge is 2.24. The maximum absolute atomic E-state index is 5.65. The van der Waals surface area contributed by atoms with Crippen LogP contribution in [0.4, 0.5) is 0 Å². The molecule has 0 spiro atoms. The molecule has 0 N–H and O–H groups in total. The van der Waals surface area contributed by atoms with Crippen molar-refractivity contribution in [2.24, 2.45) is 11.8 Å². The monoisotopic (exact) mass is 142 g/mol. The standard InChI is InChI=1S/C9H18O/c1-7(2)9-8(3)5-4-6-10-9/h7-9H,4-6H2,1-3H3/t8-,9+/m1/s1. The first kappa shape index (κ1) is 8.06. The second kappa shape index (κ2) is 3.38. The minimum atomic E-state index is 0.522. The minimum Gasteiger partial charge on any atom is -0.378 e. The molecule has 1 aliphatic rings. The molecule has 1 aliphatic heterocycles. The lowest BCUT2D eigenvalue weighted by Gasteiger charge is -2.31. The highest BCUT2D eigenvalue weighted by molar-refractivity contribution is 4.73. The van der Waals surface area contributed by atoms with Gasteiger partial charge >= 0.3 is 0 Å². The van der Waals surface area contributed by atoms with Gasteiger partial charge < -0.3 is 4.74 Å². The average Bonchev–Trinajstić information content (AvgIpc) is 1.88. The molecule has 1 nitrogen and oxygen atoms in total. The normalized spacial score (nSPS) is 34.8. The molecule has 0 amide bonds. The van der Waals surface area contributed by atoms with Gasteiger partial charge in [-0.3, -0.25) is 0 Å². The van der Waals surface area contributed by atoms with E-state index in [1.807, 2.05) is 0 Å². The molecule has 1 saturated heterocycles.